The highest BCUT2D eigenvalue weighted by Crippen LogP contribution is 2.38. The number of nitrogens with zero attached hydrogens (tertiary/aromatic N) is 5. The third-order valence-corrected chi connectivity index (χ3v) is 7.15. The second-order valence-corrected chi connectivity index (χ2v) is 9.45. The van der Waals surface area contributed by atoms with Crippen LogP contribution in [0.4, 0.5) is 30.2 Å². The van der Waals surface area contributed by atoms with Crippen LogP contribution in [0.1, 0.15) is 25.8 Å². The Morgan fingerprint density at radius 1 is 0.923 bits per heavy atom. The molecule has 0 spiro atoms. The normalized spacial score (nSPS) is 16.9. The highest BCUT2D eigenvalue weighted by Gasteiger charge is 2.39. The molecule has 0 aliphatic carbocycles. The molecule has 39 heavy (non-hydrogen) atoms. The molecule has 214 valence electrons. The maximum absolute atomic E-state index is 13.4. The van der Waals surface area contributed by atoms with Crippen LogP contribution in [0.5, 0.6) is 5.75 Å². The lowest BCUT2D eigenvalue weighted by molar-refractivity contribution is -0.388. The summed E-state index contributed by atoms with van der Waals surface area (Å²) in [7, 11) is 1.64. The Morgan fingerprint density at radius 3 is 2.15 bits per heavy atom. The van der Waals surface area contributed by atoms with Crippen molar-refractivity contribution in [3.05, 3.63) is 58.1 Å². The molecule has 0 saturated carbocycles. The van der Waals surface area contributed by atoms with Crippen molar-refractivity contribution in [3.63, 3.8) is 0 Å². The molecule has 2 aromatic rings. The number of hydrogen-bond acceptors (Lipinski definition) is 7. The zero-order valence-electron chi connectivity index (χ0n) is 21.3. The minimum absolute atomic E-state index is 0. The van der Waals surface area contributed by atoms with E-state index in [1.165, 1.54) is 6.07 Å². The second-order valence-electron chi connectivity index (χ2n) is 9.45. The predicted octanol–water partition coefficient (Wildman–Crippen LogP) is 4.51. The van der Waals surface area contributed by atoms with Crippen LogP contribution in [-0.4, -0.2) is 86.6 Å². The first-order valence-corrected chi connectivity index (χ1v) is 12.7. The van der Waals surface area contributed by atoms with Crippen molar-refractivity contribution < 1.29 is 27.6 Å². The number of anilines is 2. The Labute approximate surface area is 226 Å². The minimum atomic E-state index is -4.83. The first-order valence-electron chi connectivity index (χ1n) is 12.7. The summed E-state index contributed by atoms with van der Waals surface area (Å²) in [5, 5.41) is 11.0. The van der Waals surface area contributed by atoms with E-state index < -0.39 is 22.4 Å². The van der Waals surface area contributed by atoms with Crippen LogP contribution in [0, 0.1) is 10.1 Å². The minimum Gasteiger partial charge on any atom is -0.497 e. The topological polar surface area (TPSA) is 82.4 Å². The number of hydrogen-bond donors (Lipinski definition) is 0. The van der Waals surface area contributed by atoms with Gasteiger partial charge >= 0.3 is 6.18 Å². The maximum Gasteiger partial charge on any atom is 0.423 e. The Balaban J connectivity index is 0.00000420. The number of ether oxygens (including phenoxy) is 1. The van der Waals surface area contributed by atoms with Crippen molar-refractivity contribution in [1.29, 1.82) is 0 Å². The number of rotatable bonds is 7. The summed E-state index contributed by atoms with van der Waals surface area (Å²) in [6.07, 6.45) is -3.84. The van der Waals surface area contributed by atoms with Crippen LogP contribution in [0.15, 0.2) is 42.5 Å². The van der Waals surface area contributed by atoms with Crippen molar-refractivity contribution >= 4 is 23.0 Å². The van der Waals surface area contributed by atoms with Crippen molar-refractivity contribution in [3.8, 4) is 5.75 Å². The molecule has 0 N–H and O–H groups in total. The van der Waals surface area contributed by atoms with E-state index in [4.69, 9.17) is 4.74 Å². The van der Waals surface area contributed by atoms with Gasteiger partial charge in [0.1, 0.15) is 11.3 Å². The fourth-order valence-electron chi connectivity index (χ4n) is 4.97. The number of nitro groups is 1. The van der Waals surface area contributed by atoms with Crippen molar-refractivity contribution in [1.82, 2.24) is 9.80 Å². The molecule has 0 unspecified atom stereocenters. The lowest BCUT2D eigenvalue weighted by atomic mass is 10.1. The summed E-state index contributed by atoms with van der Waals surface area (Å²) >= 11 is 0. The van der Waals surface area contributed by atoms with Gasteiger partial charge in [0, 0.05) is 82.8 Å². The van der Waals surface area contributed by atoms with Gasteiger partial charge in [-0.05, 0) is 42.8 Å². The monoisotopic (exact) mass is 551 g/mol. The smallest absolute Gasteiger partial charge is 0.423 e. The van der Waals surface area contributed by atoms with E-state index in [0.29, 0.717) is 45.6 Å². The number of benzene rings is 2. The summed E-state index contributed by atoms with van der Waals surface area (Å²) in [4.78, 5) is 31.1. The fourth-order valence-corrected chi connectivity index (χ4v) is 4.97. The summed E-state index contributed by atoms with van der Waals surface area (Å²) < 4.78 is 45.4. The number of amides is 1. The molecule has 2 aliphatic rings. The molecule has 0 aromatic heterocycles. The highest BCUT2D eigenvalue weighted by molar-refractivity contribution is 5.76. The number of carbonyl (C=O) groups is 1. The van der Waals surface area contributed by atoms with Crippen molar-refractivity contribution in [2.24, 2.45) is 0 Å². The van der Waals surface area contributed by atoms with Gasteiger partial charge in [-0.25, -0.2) is 0 Å². The van der Waals surface area contributed by atoms with E-state index in [0.717, 1.165) is 49.7 Å². The molecular weight excluding hydrogens is 515 g/mol. The number of alkyl halides is 3. The van der Waals surface area contributed by atoms with Crippen molar-refractivity contribution in [2.45, 2.75) is 26.4 Å². The van der Waals surface area contributed by atoms with Gasteiger partial charge in [0.05, 0.1) is 12.0 Å². The molecule has 4 rings (SSSR count). The third-order valence-electron chi connectivity index (χ3n) is 7.15. The fraction of sp³-hybridized carbons (Fsp3) is 0.519. The van der Waals surface area contributed by atoms with E-state index in [9.17, 15) is 28.1 Å². The van der Waals surface area contributed by atoms with Crippen LogP contribution < -0.4 is 14.5 Å². The van der Waals surface area contributed by atoms with E-state index in [-0.39, 0.29) is 19.0 Å². The quantitative estimate of drug-likeness (QED) is 0.370. The van der Waals surface area contributed by atoms with Gasteiger partial charge in [0.25, 0.3) is 5.69 Å². The van der Waals surface area contributed by atoms with Gasteiger partial charge in [0.2, 0.25) is 5.91 Å². The van der Waals surface area contributed by atoms with Crippen LogP contribution in [-0.2, 0) is 11.0 Å². The zero-order chi connectivity index (χ0) is 27.3. The molecule has 0 radical (unpaired) electrons. The van der Waals surface area contributed by atoms with Gasteiger partial charge < -0.3 is 19.4 Å². The standard InChI is InChI=1S/C26H32F3N5O4.CH4/c1-38-22-6-3-20(4-7-22)32-15-13-30(14-16-32)12-9-25(35)33-11-2-10-31(17-18-33)21-5-8-24(34(36)37)23(19-21)26(27,28)29;/h3-8,19H,2,9-18H2,1H3;1H4. The molecule has 2 aliphatic heterocycles. The summed E-state index contributed by atoms with van der Waals surface area (Å²) in [6.45, 7) is 5.86. The first kappa shape index (κ1) is 30.0. The molecule has 2 saturated heterocycles. The Kier molecular flexibility index (Phi) is 10.0. The molecule has 0 atom stereocenters. The predicted molar refractivity (Wildman–Crippen MR) is 145 cm³/mol. The van der Waals surface area contributed by atoms with Crippen LogP contribution >= 0.6 is 0 Å². The molecular formula is C27H36F3N5O4. The summed E-state index contributed by atoms with van der Waals surface area (Å²) in [6, 6.07) is 11.1. The first-order chi connectivity index (χ1) is 18.2. The lowest BCUT2D eigenvalue weighted by Gasteiger charge is -2.36. The van der Waals surface area contributed by atoms with Gasteiger partial charge in [0.15, 0.2) is 0 Å². The molecule has 2 fully saturated rings. The molecule has 0 bridgehead atoms. The Morgan fingerprint density at radius 2 is 1.54 bits per heavy atom. The van der Waals surface area contributed by atoms with Crippen LogP contribution in [0.2, 0.25) is 0 Å². The van der Waals surface area contributed by atoms with E-state index >= 15 is 0 Å². The van der Waals surface area contributed by atoms with E-state index in [1.807, 2.05) is 24.3 Å². The SMILES string of the molecule is C.COc1ccc(N2CCN(CCC(=O)N3CCCN(c4ccc([N+](=O)[O-])c(C(F)(F)F)c4)CC3)CC2)cc1. The largest absolute Gasteiger partial charge is 0.497 e. The Bertz CT molecular complexity index is 1120. The van der Waals surface area contributed by atoms with Gasteiger partial charge in [-0.1, -0.05) is 7.43 Å². The highest BCUT2D eigenvalue weighted by atomic mass is 19.4. The molecule has 2 heterocycles. The van der Waals surface area contributed by atoms with E-state index in [1.54, 1.807) is 16.9 Å². The second kappa shape index (κ2) is 13.0. The molecule has 2 aromatic carbocycles. The van der Waals surface area contributed by atoms with Gasteiger partial charge in [-0.15, -0.1) is 0 Å². The van der Waals surface area contributed by atoms with Gasteiger partial charge in [-0.3, -0.25) is 19.8 Å². The van der Waals surface area contributed by atoms with Crippen molar-refractivity contribution in [2.75, 3.05) is 75.8 Å². The average molecular weight is 552 g/mol. The van der Waals surface area contributed by atoms with Gasteiger partial charge in [-0.2, -0.15) is 13.2 Å². The molecule has 12 heteroatoms. The number of halogens is 3. The number of carbonyl (C=O) groups excluding carboxylic acids is 1. The molecule has 9 nitrogen and oxygen atoms in total. The van der Waals surface area contributed by atoms with E-state index in [2.05, 4.69) is 9.80 Å². The zero-order valence-corrected chi connectivity index (χ0v) is 21.3. The molecule has 1 amide bonds. The number of nitro benzene ring substituents is 1. The third kappa shape index (κ3) is 7.53. The maximum atomic E-state index is 13.4. The number of methoxy groups -OCH3 is 1. The van der Waals surface area contributed by atoms with Crippen LogP contribution in [0.25, 0.3) is 0 Å². The lowest BCUT2D eigenvalue weighted by Crippen LogP contribution is -2.47. The number of piperazine rings is 1. The Hall–Kier alpha value is -3.54. The average Bonchev–Trinajstić information content (AvgIpc) is 3.18. The van der Waals surface area contributed by atoms with Crippen LogP contribution in [0.3, 0.4) is 0 Å². The summed E-state index contributed by atoms with van der Waals surface area (Å²) in [5.41, 5.74) is -0.806. The summed E-state index contributed by atoms with van der Waals surface area (Å²) in [5.74, 6) is 0.852.